The topological polar surface area (TPSA) is 50.8 Å². The Hall–Kier alpha value is -2.79. The third kappa shape index (κ3) is 5.56. The molecule has 2 aromatic carbocycles. The van der Waals surface area contributed by atoms with Crippen molar-refractivity contribution in [2.45, 2.75) is 50.0 Å². The maximum atomic E-state index is 12.9. The summed E-state index contributed by atoms with van der Waals surface area (Å²) in [6.07, 6.45) is 10.6. The van der Waals surface area contributed by atoms with Crippen molar-refractivity contribution in [3.05, 3.63) is 65.7 Å². The van der Waals surface area contributed by atoms with Gasteiger partial charge in [0.15, 0.2) is 0 Å². The smallest absolute Gasteiger partial charge is 0.244 e. The molecule has 186 valence electrons. The molecule has 0 spiro atoms. The third-order valence-electron chi connectivity index (χ3n) is 8.33. The quantitative estimate of drug-likeness (QED) is 0.544. The second-order valence-electron chi connectivity index (χ2n) is 10.6. The SMILES string of the molecule is COc1cccc(C=CC(=O)N[C@@H]2CC[C@@H]3CN(CC4CC4)CC[C@@]3(c3cccc(OC)c3)C2)c1. The van der Waals surface area contributed by atoms with E-state index < -0.39 is 0 Å². The third-order valence-corrected chi connectivity index (χ3v) is 8.33. The van der Waals surface area contributed by atoms with Gasteiger partial charge in [-0.3, -0.25) is 4.79 Å². The lowest BCUT2D eigenvalue weighted by atomic mass is 9.58. The molecule has 5 rings (SSSR count). The average Bonchev–Trinajstić information content (AvgIpc) is 3.71. The molecule has 1 N–H and O–H groups in total. The van der Waals surface area contributed by atoms with Gasteiger partial charge in [-0.25, -0.2) is 0 Å². The van der Waals surface area contributed by atoms with Crippen LogP contribution in [0.25, 0.3) is 6.08 Å². The highest BCUT2D eigenvalue weighted by Gasteiger charge is 2.48. The maximum Gasteiger partial charge on any atom is 0.244 e. The molecule has 1 saturated heterocycles. The van der Waals surface area contributed by atoms with Crippen LogP contribution in [0.5, 0.6) is 11.5 Å². The summed E-state index contributed by atoms with van der Waals surface area (Å²) in [5.41, 5.74) is 2.42. The maximum absolute atomic E-state index is 12.9. The molecule has 1 aliphatic heterocycles. The number of rotatable bonds is 8. The minimum atomic E-state index is -0.0248. The Balaban J connectivity index is 1.31. The van der Waals surface area contributed by atoms with E-state index in [0.717, 1.165) is 55.2 Å². The Kier molecular flexibility index (Phi) is 7.14. The standard InChI is InChI=1S/C30H38N2O3/c1-34-27-7-3-5-22(17-27)11-14-29(33)31-26-13-12-25-21-32(20-23-9-10-23)16-15-30(25,19-26)24-6-4-8-28(18-24)35-2/h3-8,11,14,17-18,23,25-26H,9-10,12-13,15-16,19-21H2,1-2H3,(H,31,33)/t25-,26-,30+/m1/s1. The van der Waals surface area contributed by atoms with E-state index in [1.165, 1.54) is 31.5 Å². The zero-order valence-corrected chi connectivity index (χ0v) is 21.0. The minimum absolute atomic E-state index is 0.0248. The molecule has 1 amide bonds. The fourth-order valence-corrected chi connectivity index (χ4v) is 6.27. The van der Waals surface area contributed by atoms with Gasteiger partial charge in [0.1, 0.15) is 11.5 Å². The molecule has 3 fully saturated rings. The van der Waals surface area contributed by atoms with Crippen molar-refractivity contribution in [2.24, 2.45) is 11.8 Å². The van der Waals surface area contributed by atoms with Crippen molar-refractivity contribution in [3.63, 3.8) is 0 Å². The molecule has 5 heteroatoms. The predicted octanol–water partition coefficient (Wildman–Crippen LogP) is 5.06. The molecule has 1 heterocycles. The number of nitrogens with one attached hydrogen (secondary N) is 1. The summed E-state index contributed by atoms with van der Waals surface area (Å²) < 4.78 is 10.9. The molecule has 5 nitrogen and oxygen atoms in total. The van der Waals surface area contributed by atoms with Crippen molar-refractivity contribution >= 4 is 12.0 Å². The number of carbonyl (C=O) groups is 1. The Morgan fingerprint density at radius 3 is 2.60 bits per heavy atom. The number of nitrogens with zero attached hydrogens (tertiary/aromatic N) is 1. The number of fused-ring (bicyclic) bond motifs is 1. The van der Waals surface area contributed by atoms with Crippen LogP contribution in [0.2, 0.25) is 0 Å². The molecule has 0 radical (unpaired) electrons. The summed E-state index contributed by atoms with van der Waals surface area (Å²) in [6.45, 7) is 3.57. The lowest BCUT2D eigenvalue weighted by Crippen LogP contribution is -2.56. The van der Waals surface area contributed by atoms with Crippen molar-refractivity contribution in [1.29, 1.82) is 0 Å². The van der Waals surface area contributed by atoms with E-state index in [-0.39, 0.29) is 17.4 Å². The van der Waals surface area contributed by atoms with Gasteiger partial charge >= 0.3 is 0 Å². The Labute approximate surface area is 209 Å². The summed E-state index contributed by atoms with van der Waals surface area (Å²) in [5.74, 6) is 3.22. The van der Waals surface area contributed by atoms with Crippen LogP contribution in [0.4, 0.5) is 0 Å². The highest BCUT2D eigenvalue weighted by atomic mass is 16.5. The molecule has 35 heavy (non-hydrogen) atoms. The summed E-state index contributed by atoms with van der Waals surface area (Å²) >= 11 is 0. The Morgan fingerprint density at radius 1 is 1.06 bits per heavy atom. The summed E-state index contributed by atoms with van der Waals surface area (Å²) in [5, 5.41) is 3.33. The number of amides is 1. The Bertz CT molecular complexity index is 1060. The van der Waals surface area contributed by atoms with Gasteiger partial charge < -0.3 is 19.7 Å². The number of methoxy groups -OCH3 is 2. The number of piperidine rings is 1. The first-order valence-corrected chi connectivity index (χ1v) is 13.1. The zero-order valence-electron chi connectivity index (χ0n) is 21.0. The van der Waals surface area contributed by atoms with Gasteiger partial charge in [0.25, 0.3) is 0 Å². The first kappa shape index (κ1) is 23.9. The molecule has 2 aromatic rings. The number of hydrogen-bond donors (Lipinski definition) is 1. The first-order valence-electron chi connectivity index (χ1n) is 13.1. The molecule has 0 unspecified atom stereocenters. The van der Waals surface area contributed by atoms with Gasteiger partial charge in [0.2, 0.25) is 5.91 Å². The second-order valence-corrected chi connectivity index (χ2v) is 10.6. The summed E-state index contributed by atoms with van der Waals surface area (Å²) in [4.78, 5) is 15.6. The zero-order chi connectivity index (χ0) is 24.3. The number of ether oxygens (including phenoxy) is 2. The lowest BCUT2D eigenvalue weighted by molar-refractivity contribution is -0.117. The van der Waals surface area contributed by atoms with Crippen LogP contribution in [0.1, 0.15) is 49.7 Å². The normalized spacial score (nSPS) is 26.8. The van der Waals surface area contributed by atoms with Crippen LogP contribution in [0.15, 0.2) is 54.6 Å². The van der Waals surface area contributed by atoms with Crippen LogP contribution in [0.3, 0.4) is 0 Å². The molecule has 3 aliphatic rings. The van der Waals surface area contributed by atoms with E-state index in [9.17, 15) is 4.79 Å². The largest absolute Gasteiger partial charge is 0.497 e. The predicted molar refractivity (Wildman–Crippen MR) is 140 cm³/mol. The van der Waals surface area contributed by atoms with Gasteiger partial charge in [-0.1, -0.05) is 24.3 Å². The van der Waals surface area contributed by atoms with Crippen LogP contribution in [0, 0.1) is 11.8 Å². The highest BCUT2D eigenvalue weighted by molar-refractivity contribution is 5.92. The monoisotopic (exact) mass is 474 g/mol. The fourth-order valence-electron chi connectivity index (χ4n) is 6.27. The van der Waals surface area contributed by atoms with E-state index in [1.807, 2.05) is 36.4 Å². The molecular formula is C30H38N2O3. The molecular weight excluding hydrogens is 436 g/mol. The van der Waals surface area contributed by atoms with Crippen LogP contribution in [-0.4, -0.2) is 50.7 Å². The summed E-state index contributed by atoms with van der Waals surface area (Å²) in [7, 11) is 3.39. The molecule has 2 aliphatic carbocycles. The van der Waals surface area contributed by atoms with E-state index in [2.05, 4.69) is 28.4 Å². The van der Waals surface area contributed by atoms with Crippen molar-refractivity contribution < 1.29 is 14.3 Å². The molecule has 0 bridgehead atoms. The first-order chi connectivity index (χ1) is 17.1. The second kappa shape index (κ2) is 10.4. The van der Waals surface area contributed by atoms with E-state index in [0.29, 0.717) is 5.92 Å². The van der Waals surface area contributed by atoms with Gasteiger partial charge in [0, 0.05) is 30.6 Å². The van der Waals surface area contributed by atoms with Crippen molar-refractivity contribution in [3.8, 4) is 11.5 Å². The lowest BCUT2D eigenvalue weighted by Gasteiger charge is -2.53. The molecule has 0 aromatic heterocycles. The van der Waals surface area contributed by atoms with Crippen LogP contribution < -0.4 is 14.8 Å². The fraction of sp³-hybridized carbons (Fsp3) is 0.500. The number of carbonyl (C=O) groups excluding carboxylic acids is 1. The van der Waals surface area contributed by atoms with Gasteiger partial charge in [-0.15, -0.1) is 0 Å². The highest BCUT2D eigenvalue weighted by Crippen LogP contribution is 2.50. The molecule has 3 atom stereocenters. The van der Waals surface area contributed by atoms with Crippen LogP contribution >= 0.6 is 0 Å². The van der Waals surface area contributed by atoms with Crippen LogP contribution in [-0.2, 0) is 10.2 Å². The number of hydrogen-bond acceptors (Lipinski definition) is 4. The minimum Gasteiger partial charge on any atom is -0.497 e. The van der Waals surface area contributed by atoms with Gasteiger partial charge in [-0.05, 0) is 98.4 Å². The molecule has 2 saturated carbocycles. The Morgan fingerprint density at radius 2 is 1.83 bits per heavy atom. The van der Waals surface area contributed by atoms with E-state index in [4.69, 9.17) is 9.47 Å². The van der Waals surface area contributed by atoms with Gasteiger partial charge in [-0.2, -0.15) is 0 Å². The van der Waals surface area contributed by atoms with E-state index in [1.54, 1.807) is 20.3 Å². The average molecular weight is 475 g/mol. The number of likely N-dealkylation sites (tertiary alicyclic amines) is 1. The van der Waals surface area contributed by atoms with E-state index >= 15 is 0 Å². The van der Waals surface area contributed by atoms with Crippen molar-refractivity contribution in [1.82, 2.24) is 10.2 Å². The van der Waals surface area contributed by atoms with Gasteiger partial charge in [0.05, 0.1) is 14.2 Å². The number of benzene rings is 2. The van der Waals surface area contributed by atoms with Crippen molar-refractivity contribution in [2.75, 3.05) is 33.9 Å². The summed E-state index contributed by atoms with van der Waals surface area (Å²) in [6, 6.07) is 16.6.